The standard InChI is InChI=1S/C12H17N3O/c1-3-4-5-9-13-12(16)7-6-11-8-10-14-15(11)2/h3-4,6-8,10H,5,9H2,1-2H3,(H,13,16)/b4-3+,7-6+. The van der Waals surface area contributed by atoms with E-state index in [1.165, 1.54) is 6.08 Å². The zero-order valence-electron chi connectivity index (χ0n) is 9.68. The van der Waals surface area contributed by atoms with E-state index in [0.29, 0.717) is 6.54 Å². The van der Waals surface area contributed by atoms with Gasteiger partial charge in [-0.2, -0.15) is 5.10 Å². The molecule has 0 saturated heterocycles. The summed E-state index contributed by atoms with van der Waals surface area (Å²) in [6, 6.07) is 1.85. The first-order chi connectivity index (χ1) is 7.74. The molecule has 0 unspecified atom stereocenters. The van der Waals surface area contributed by atoms with Crippen LogP contribution in [0.1, 0.15) is 19.0 Å². The van der Waals surface area contributed by atoms with E-state index < -0.39 is 0 Å². The maximum absolute atomic E-state index is 11.4. The minimum absolute atomic E-state index is 0.0781. The molecule has 0 aromatic carbocycles. The van der Waals surface area contributed by atoms with Crippen molar-refractivity contribution in [1.82, 2.24) is 15.1 Å². The van der Waals surface area contributed by atoms with Crippen LogP contribution in [0.3, 0.4) is 0 Å². The van der Waals surface area contributed by atoms with Crippen LogP contribution in [-0.4, -0.2) is 22.2 Å². The summed E-state index contributed by atoms with van der Waals surface area (Å²) in [6.45, 7) is 2.63. The summed E-state index contributed by atoms with van der Waals surface area (Å²) in [5, 5.41) is 6.80. The quantitative estimate of drug-likeness (QED) is 0.463. The van der Waals surface area contributed by atoms with Gasteiger partial charge >= 0.3 is 0 Å². The Hall–Kier alpha value is -1.84. The fourth-order valence-electron chi connectivity index (χ4n) is 1.21. The number of aryl methyl sites for hydroxylation is 1. The molecule has 86 valence electrons. The number of allylic oxidation sites excluding steroid dienone is 1. The van der Waals surface area contributed by atoms with E-state index in [2.05, 4.69) is 10.4 Å². The first-order valence-corrected chi connectivity index (χ1v) is 5.29. The SMILES string of the molecule is C/C=C/CCNC(=O)/C=C/c1ccnn1C. The van der Waals surface area contributed by atoms with Crippen molar-refractivity contribution in [2.75, 3.05) is 6.54 Å². The molecule has 0 fully saturated rings. The van der Waals surface area contributed by atoms with Gasteiger partial charge in [0, 0.05) is 25.9 Å². The molecule has 16 heavy (non-hydrogen) atoms. The second-order valence-corrected chi connectivity index (χ2v) is 3.36. The lowest BCUT2D eigenvalue weighted by molar-refractivity contribution is -0.116. The van der Waals surface area contributed by atoms with Gasteiger partial charge in [-0.05, 0) is 25.5 Å². The molecule has 1 N–H and O–H groups in total. The fraction of sp³-hybridized carbons (Fsp3) is 0.333. The lowest BCUT2D eigenvalue weighted by Crippen LogP contribution is -2.21. The monoisotopic (exact) mass is 219 g/mol. The average molecular weight is 219 g/mol. The van der Waals surface area contributed by atoms with Crippen LogP contribution in [0.25, 0.3) is 6.08 Å². The van der Waals surface area contributed by atoms with Crippen molar-refractivity contribution in [2.45, 2.75) is 13.3 Å². The molecule has 1 aromatic heterocycles. The molecule has 0 atom stereocenters. The van der Waals surface area contributed by atoms with Gasteiger partial charge in [-0.1, -0.05) is 12.2 Å². The minimum atomic E-state index is -0.0781. The van der Waals surface area contributed by atoms with Gasteiger partial charge in [0.15, 0.2) is 0 Å². The topological polar surface area (TPSA) is 46.9 Å². The highest BCUT2D eigenvalue weighted by Crippen LogP contribution is 1.98. The molecule has 0 bridgehead atoms. The van der Waals surface area contributed by atoms with E-state index in [-0.39, 0.29) is 5.91 Å². The van der Waals surface area contributed by atoms with Crippen LogP contribution >= 0.6 is 0 Å². The van der Waals surface area contributed by atoms with Crippen LogP contribution in [-0.2, 0) is 11.8 Å². The zero-order valence-corrected chi connectivity index (χ0v) is 9.68. The molecule has 0 radical (unpaired) electrons. The van der Waals surface area contributed by atoms with E-state index in [1.807, 2.05) is 32.2 Å². The molecular weight excluding hydrogens is 202 g/mol. The average Bonchev–Trinajstić information content (AvgIpc) is 2.67. The number of hydrogen-bond acceptors (Lipinski definition) is 2. The Kier molecular flexibility index (Phi) is 5.05. The molecule has 0 aliphatic rings. The van der Waals surface area contributed by atoms with Crippen LogP contribution in [0.2, 0.25) is 0 Å². The number of aromatic nitrogens is 2. The molecule has 0 aliphatic carbocycles. The number of rotatable bonds is 5. The molecule has 0 aliphatic heterocycles. The maximum atomic E-state index is 11.4. The molecule has 1 aromatic rings. The normalized spacial score (nSPS) is 11.4. The van der Waals surface area contributed by atoms with Gasteiger partial charge in [0.25, 0.3) is 0 Å². The summed E-state index contributed by atoms with van der Waals surface area (Å²) in [5.74, 6) is -0.0781. The van der Waals surface area contributed by atoms with Crippen molar-refractivity contribution in [3.8, 4) is 0 Å². The number of nitrogens with zero attached hydrogens (tertiary/aromatic N) is 2. The molecule has 0 saturated carbocycles. The number of hydrogen-bond donors (Lipinski definition) is 1. The smallest absolute Gasteiger partial charge is 0.244 e. The number of nitrogens with one attached hydrogen (secondary N) is 1. The Bertz CT molecular complexity index is 391. The van der Waals surface area contributed by atoms with Gasteiger partial charge < -0.3 is 5.32 Å². The third kappa shape index (κ3) is 4.13. The highest BCUT2D eigenvalue weighted by atomic mass is 16.1. The van der Waals surface area contributed by atoms with Crippen LogP contribution in [0.5, 0.6) is 0 Å². The highest BCUT2D eigenvalue weighted by molar-refractivity contribution is 5.91. The van der Waals surface area contributed by atoms with Gasteiger partial charge in [-0.3, -0.25) is 9.48 Å². The number of carbonyl (C=O) groups is 1. The summed E-state index contributed by atoms with van der Waals surface area (Å²) in [7, 11) is 1.84. The maximum Gasteiger partial charge on any atom is 0.244 e. The second-order valence-electron chi connectivity index (χ2n) is 3.36. The van der Waals surface area contributed by atoms with E-state index in [1.54, 1.807) is 17.0 Å². The fourth-order valence-corrected chi connectivity index (χ4v) is 1.21. The molecule has 4 heteroatoms. The van der Waals surface area contributed by atoms with Crippen molar-refractivity contribution in [1.29, 1.82) is 0 Å². The summed E-state index contributed by atoms with van der Waals surface area (Å²) in [6.07, 6.45) is 9.82. The van der Waals surface area contributed by atoms with Crippen LogP contribution in [0, 0.1) is 0 Å². The molecule has 0 spiro atoms. The first kappa shape index (κ1) is 12.2. The summed E-state index contributed by atoms with van der Waals surface area (Å²) in [4.78, 5) is 11.4. The van der Waals surface area contributed by atoms with Crippen molar-refractivity contribution in [2.24, 2.45) is 7.05 Å². The lowest BCUT2D eigenvalue weighted by Gasteiger charge is -1.98. The predicted molar refractivity (Wildman–Crippen MR) is 64.7 cm³/mol. The Morgan fingerprint density at radius 2 is 2.44 bits per heavy atom. The van der Waals surface area contributed by atoms with E-state index >= 15 is 0 Å². The van der Waals surface area contributed by atoms with Crippen LogP contribution in [0.15, 0.2) is 30.5 Å². The Morgan fingerprint density at radius 1 is 1.62 bits per heavy atom. The number of carbonyl (C=O) groups excluding carboxylic acids is 1. The van der Waals surface area contributed by atoms with Crippen molar-refractivity contribution < 1.29 is 4.79 Å². The van der Waals surface area contributed by atoms with Gasteiger partial charge in [-0.15, -0.1) is 0 Å². The number of amides is 1. The van der Waals surface area contributed by atoms with E-state index in [0.717, 1.165) is 12.1 Å². The summed E-state index contributed by atoms with van der Waals surface area (Å²) < 4.78 is 1.71. The van der Waals surface area contributed by atoms with Gasteiger partial charge in [0.05, 0.1) is 5.69 Å². The second kappa shape index (κ2) is 6.61. The Morgan fingerprint density at radius 3 is 3.06 bits per heavy atom. The summed E-state index contributed by atoms with van der Waals surface area (Å²) in [5.41, 5.74) is 0.906. The molecule has 1 rings (SSSR count). The third-order valence-electron chi connectivity index (χ3n) is 2.11. The van der Waals surface area contributed by atoms with E-state index in [9.17, 15) is 4.79 Å². The summed E-state index contributed by atoms with van der Waals surface area (Å²) >= 11 is 0. The molecule has 4 nitrogen and oxygen atoms in total. The van der Waals surface area contributed by atoms with E-state index in [4.69, 9.17) is 0 Å². The van der Waals surface area contributed by atoms with Crippen LogP contribution < -0.4 is 5.32 Å². The van der Waals surface area contributed by atoms with Gasteiger partial charge in [0.1, 0.15) is 0 Å². The third-order valence-corrected chi connectivity index (χ3v) is 2.11. The van der Waals surface area contributed by atoms with Crippen molar-refractivity contribution in [3.63, 3.8) is 0 Å². The van der Waals surface area contributed by atoms with Crippen molar-refractivity contribution >= 4 is 12.0 Å². The highest BCUT2D eigenvalue weighted by Gasteiger charge is 1.95. The first-order valence-electron chi connectivity index (χ1n) is 5.29. The molecule has 1 heterocycles. The van der Waals surface area contributed by atoms with Gasteiger partial charge in [-0.25, -0.2) is 0 Å². The molecular formula is C12H17N3O. The minimum Gasteiger partial charge on any atom is -0.352 e. The Balaban J connectivity index is 2.34. The Labute approximate surface area is 95.7 Å². The van der Waals surface area contributed by atoms with Gasteiger partial charge in [0.2, 0.25) is 5.91 Å². The van der Waals surface area contributed by atoms with Crippen LogP contribution in [0.4, 0.5) is 0 Å². The predicted octanol–water partition coefficient (Wildman–Crippen LogP) is 1.52. The lowest BCUT2D eigenvalue weighted by atomic mass is 10.3. The largest absolute Gasteiger partial charge is 0.352 e. The van der Waals surface area contributed by atoms with Crippen molar-refractivity contribution in [3.05, 3.63) is 36.2 Å². The molecule has 1 amide bonds. The zero-order chi connectivity index (χ0) is 11.8.